The average Bonchev–Trinajstić information content (AvgIpc) is 3.25. The summed E-state index contributed by atoms with van der Waals surface area (Å²) in [7, 11) is 0. The van der Waals surface area contributed by atoms with Crippen LogP contribution in [0.3, 0.4) is 0 Å². The quantitative estimate of drug-likeness (QED) is 0.0852. The van der Waals surface area contributed by atoms with Crippen molar-refractivity contribution in [1.82, 2.24) is 0 Å². The zero-order valence-electron chi connectivity index (χ0n) is 32.8. The highest BCUT2D eigenvalue weighted by molar-refractivity contribution is 5.88. The maximum atomic E-state index is 14.4. The van der Waals surface area contributed by atoms with Gasteiger partial charge in [-0.25, -0.2) is 0 Å². The highest BCUT2D eigenvalue weighted by atomic mass is 16.8. The smallest absolute Gasteiger partial charge is 0.239 e. The number of benzene rings is 2. The number of ether oxygens (including phenoxy) is 8. The first-order valence-corrected chi connectivity index (χ1v) is 19.4. The highest BCUT2D eigenvalue weighted by Crippen LogP contribution is 2.41. The molecule has 4 fully saturated rings. The summed E-state index contributed by atoms with van der Waals surface area (Å²) >= 11 is 0. The molecule has 4 saturated heterocycles. The topological polar surface area (TPSA) is 408 Å². The lowest BCUT2D eigenvalue weighted by Crippen LogP contribution is -2.64. The Morgan fingerprint density at radius 3 is 2.02 bits per heavy atom. The number of aliphatic hydroxyl groups is 12. The van der Waals surface area contributed by atoms with Crippen molar-refractivity contribution in [2.24, 2.45) is 0 Å². The van der Waals surface area contributed by atoms with Crippen molar-refractivity contribution in [3.05, 3.63) is 40.6 Å². The fraction of sp³-hybridized carbons (Fsp3) is 0.605. The first-order chi connectivity index (χ1) is 29.8. The zero-order valence-corrected chi connectivity index (χ0v) is 32.8. The van der Waals surface area contributed by atoms with E-state index in [1.54, 1.807) is 0 Å². The van der Waals surface area contributed by atoms with Crippen LogP contribution in [0.4, 0.5) is 0 Å². The van der Waals surface area contributed by atoms with Gasteiger partial charge in [0.1, 0.15) is 102 Å². The van der Waals surface area contributed by atoms with Crippen LogP contribution < -0.4 is 14.9 Å². The monoisotopic (exact) mass is 904 g/mol. The van der Waals surface area contributed by atoms with Gasteiger partial charge in [0.05, 0.1) is 25.9 Å². The third-order valence-corrected chi connectivity index (χ3v) is 11.1. The molecule has 15 N–H and O–H groups in total. The molecule has 63 heavy (non-hydrogen) atoms. The molecule has 7 rings (SSSR count). The molecule has 0 bridgehead atoms. The molecule has 0 spiro atoms. The van der Waals surface area contributed by atoms with Crippen LogP contribution in [0.2, 0.25) is 0 Å². The Hall–Kier alpha value is -4.07. The lowest BCUT2D eigenvalue weighted by Gasteiger charge is -2.45. The van der Waals surface area contributed by atoms with Crippen LogP contribution in [-0.2, 0) is 28.4 Å². The van der Waals surface area contributed by atoms with Gasteiger partial charge in [0, 0.05) is 17.7 Å². The van der Waals surface area contributed by atoms with E-state index in [1.165, 1.54) is 6.92 Å². The van der Waals surface area contributed by atoms with E-state index in [4.69, 9.17) is 42.3 Å². The van der Waals surface area contributed by atoms with E-state index in [0.29, 0.717) is 0 Å². The Morgan fingerprint density at radius 1 is 0.651 bits per heavy atom. The summed E-state index contributed by atoms with van der Waals surface area (Å²) in [5, 5.41) is 157. The number of phenols is 3. The van der Waals surface area contributed by atoms with Crippen LogP contribution >= 0.6 is 0 Å². The van der Waals surface area contributed by atoms with Crippen molar-refractivity contribution < 1.29 is 119 Å². The predicted molar refractivity (Wildman–Crippen MR) is 200 cm³/mol. The zero-order chi connectivity index (χ0) is 45.8. The molecule has 0 unspecified atom stereocenters. The third-order valence-electron chi connectivity index (χ3n) is 11.1. The van der Waals surface area contributed by atoms with Gasteiger partial charge in [-0.2, -0.15) is 0 Å². The van der Waals surface area contributed by atoms with E-state index in [1.807, 2.05) is 0 Å². The van der Waals surface area contributed by atoms with Crippen molar-refractivity contribution >= 4 is 11.0 Å². The van der Waals surface area contributed by atoms with Gasteiger partial charge in [-0.15, -0.1) is 0 Å². The van der Waals surface area contributed by atoms with E-state index in [2.05, 4.69) is 0 Å². The van der Waals surface area contributed by atoms with E-state index in [9.17, 15) is 81.4 Å². The summed E-state index contributed by atoms with van der Waals surface area (Å²) in [5.74, 6) is -3.97. The van der Waals surface area contributed by atoms with E-state index < -0.39 is 187 Å². The molecule has 0 aliphatic carbocycles. The van der Waals surface area contributed by atoms with Gasteiger partial charge >= 0.3 is 0 Å². The summed E-state index contributed by atoms with van der Waals surface area (Å²) in [5.41, 5.74) is -1.83. The Bertz CT molecular complexity index is 2120. The molecular formula is C38H48O25. The second-order valence-corrected chi connectivity index (χ2v) is 15.4. The molecule has 4 aliphatic rings. The molecule has 350 valence electrons. The number of phenolic OH excluding ortho intramolecular Hbond substituents is 3. The van der Waals surface area contributed by atoms with Crippen LogP contribution in [-0.4, -0.2) is 213 Å². The summed E-state index contributed by atoms with van der Waals surface area (Å²) in [6.45, 7) is -0.785. The Labute approximate surface area is 353 Å². The third kappa shape index (κ3) is 9.12. The number of rotatable bonds is 11. The number of hydrogen-bond donors (Lipinski definition) is 15. The van der Waals surface area contributed by atoms with E-state index in [0.717, 1.165) is 30.3 Å². The second-order valence-electron chi connectivity index (χ2n) is 15.4. The first-order valence-electron chi connectivity index (χ1n) is 19.4. The van der Waals surface area contributed by atoms with Gasteiger partial charge in [-0.3, -0.25) is 4.79 Å². The molecule has 25 nitrogen and oxygen atoms in total. The molecule has 3 aromatic rings. The maximum absolute atomic E-state index is 14.4. The number of hydrogen-bond acceptors (Lipinski definition) is 25. The molecule has 2 aromatic carbocycles. The standard InChI is InChI=1S/C38H48O25/c1-10-21(44)26(49)30(53)35(57-10)56-9-19-24(47)28(51)34(63-36-29(52)22(45)15(43)8-55-36)38(61-19)62-33-25(48)20-14(42)5-12(40)6-17(20)58-32(33)11-2-3-13(41)16(4-11)59-37-31(54)27(50)23(46)18(7-39)60-37/h2-6,10,15,18-19,21-24,26-31,34-47,49-54H,7-9H2,1H3/t10-,15+,18+,19+,21-,22-,23+,24+,26+,27-,28-,29+,30+,31+,34+,35+,36-,37+,38-/m0/s1. The lowest BCUT2D eigenvalue weighted by molar-refractivity contribution is -0.352. The fourth-order valence-electron chi connectivity index (χ4n) is 7.40. The minimum absolute atomic E-state index is 0.209. The Balaban J connectivity index is 1.28. The molecule has 5 heterocycles. The van der Waals surface area contributed by atoms with E-state index in [-0.39, 0.29) is 5.56 Å². The van der Waals surface area contributed by atoms with Crippen LogP contribution in [0.25, 0.3) is 22.3 Å². The summed E-state index contributed by atoms with van der Waals surface area (Å²) in [6, 6.07) is 4.93. The SMILES string of the molecule is C[C@@H]1O[C@@H](OC[C@H]2O[C@@H](Oc3c(-c4ccc(O)c(O[C@@H]5O[C@H](CO)[C@@H](O)[C@H](O)[C@H]5O)c4)oc4cc(O)cc(O)c4c3=O)[C@H](O[C@@H]3OC[C@@H](O)[C@H](O)[C@H]3O)[C@@H](O)[C@@H]2O)[C@H](O)[C@H](O)[C@H]1O. The van der Waals surface area contributed by atoms with Gasteiger partial charge in [-0.1, -0.05) is 0 Å². The van der Waals surface area contributed by atoms with Crippen molar-refractivity contribution in [2.45, 2.75) is 124 Å². The van der Waals surface area contributed by atoms with Crippen LogP contribution in [0.15, 0.2) is 39.5 Å². The molecule has 4 aliphatic heterocycles. The number of aliphatic hydroxyl groups excluding tert-OH is 12. The van der Waals surface area contributed by atoms with Crippen molar-refractivity contribution in [2.75, 3.05) is 19.8 Å². The average molecular weight is 905 g/mol. The van der Waals surface area contributed by atoms with Crippen molar-refractivity contribution in [3.63, 3.8) is 0 Å². The van der Waals surface area contributed by atoms with Gasteiger partial charge < -0.3 is 119 Å². The molecule has 0 amide bonds. The minimum atomic E-state index is -2.12. The van der Waals surface area contributed by atoms with E-state index >= 15 is 0 Å². The Kier molecular flexibility index (Phi) is 14.0. The largest absolute Gasteiger partial charge is 0.508 e. The molecule has 19 atom stereocenters. The van der Waals surface area contributed by atoms with Gasteiger partial charge in [0.15, 0.2) is 35.9 Å². The van der Waals surface area contributed by atoms with Gasteiger partial charge in [0.2, 0.25) is 23.8 Å². The summed E-state index contributed by atoms with van der Waals surface area (Å²) in [6.07, 6.45) is -33.6. The number of fused-ring (bicyclic) bond motifs is 1. The molecule has 0 saturated carbocycles. The van der Waals surface area contributed by atoms with Gasteiger partial charge in [0.25, 0.3) is 0 Å². The molecule has 1 aromatic heterocycles. The van der Waals surface area contributed by atoms with Crippen LogP contribution in [0.5, 0.6) is 28.7 Å². The van der Waals surface area contributed by atoms with Crippen LogP contribution in [0, 0.1) is 0 Å². The number of aromatic hydroxyl groups is 3. The molecular weight excluding hydrogens is 856 g/mol. The maximum Gasteiger partial charge on any atom is 0.239 e. The molecule has 0 radical (unpaired) electrons. The van der Waals surface area contributed by atoms with Crippen molar-refractivity contribution in [1.29, 1.82) is 0 Å². The van der Waals surface area contributed by atoms with Crippen molar-refractivity contribution in [3.8, 4) is 40.1 Å². The lowest BCUT2D eigenvalue weighted by atomic mass is 9.98. The van der Waals surface area contributed by atoms with Crippen LogP contribution in [0.1, 0.15) is 6.92 Å². The van der Waals surface area contributed by atoms with Gasteiger partial charge in [-0.05, 0) is 25.1 Å². The summed E-state index contributed by atoms with van der Waals surface area (Å²) < 4.78 is 51.2. The fourth-order valence-corrected chi connectivity index (χ4v) is 7.40. The minimum Gasteiger partial charge on any atom is -0.508 e. The first kappa shape index (κ1) is 46.9. The summed E-state index contributed by atoms with van der Waals surface area (Å²) in [4.78, 5) is 14.4. The second kappa shape index (κ2) is 18.8. The highest BCUT2D eigenvalue weighted by Gasteiger charge is 2.52. The predicted octanol–water partition coefficient (Wildman–Crippen LogP) is -5.75. The normalized spacial score (nSPS) is 39.9. The molecule has 25 heteroatoms. The Morgan fingerprint density at radius 2 is 1.30 bits per heavy atom.